The number of nitrogens with zero attached hydrogens (tertiary/aromatic N) is 5. The van der Waals surface area contributed by atoms with E-state index >= 15 is 0 Å². The number of carbonyl (C=O) groups excluding carboxylic acids is 1. The monoisotopic (exact) mass is 355 g/mol. The first-order valence-electron chi connectivity index (χ1n) is 8.77. The zero-order valence-corrected chi connectivity index (χ0v) is 14.5. The third-order valence-corrected chi connectivity index (χ3v) is 4.61. The number of anilines is 1. The number of rotatable bonds is 3. The lowest BCUT2D eigenvalue weighted by molar-refractivity contribution is -0.00522. The van der Waals surface area contributed by atoms with Crippen molar-refractivity contribution < 1.29 is 14.3 Å². The molecule has 2 aliphatic rings. The Morgan fingerprint density at radius 1 is 1.00 bits per heavy atom. The Hall–Kier alpha value is -2.58. The smallest absolute Gasteiger partial charge is 0.254 e. The van der Waals surface area contributed by atoms with Gasteiger partial charge in [0, 0.05) is 43.8 Å². The molecule has 0 N–H and O–H groups in total. The number of pyridine rings is 1. The molecule has 0 bridgehead atoms. The van der Waals surface area contributed by atoms with Crippen molar-refractivity contribution in [3.63, 3.8) is 0 Å². The highest BCUT2D eigenvalue weighted by atomic mass is 16.5. The van der Waals surface area contributed by atoms with E-state index in [1.807, 2.05) is 6.07 Å². The van der Waals surface area contributed by atoms with E-state index in [0.717, 1.165) is 18.9 Å². The van der Waals surface area contributed by atoms with Crippen molar-refractivity contribution in [2.24, 2.45) is 0 Å². The standard InChI is InChI=1S/C18H21N5O3/c24-18(14-1-4-19-5-2-14)23-9-12-26-13-15(23)17-20-6-3-16(21-17)22-7-10-25-11-8-22/h1-6,15H,7-13H2/t15-/m0/s1. The van der Waals surface area contributed by atoms with Crippen LogP contribution in [0.25, 0.3) is 0 Å². The maximum Gasteiger partial charge on any atom is 0.254 e. The Kier molecular flexibility index (Phi) is 5.03. The van der Waals surface area contributed by atoms with E-state index in [0.29, 0.717) is 44.4 Å². The molecule has 2 fully saturated rings. The van der Waals surface area contributed by atoms with Gasteiger partial charge in [0.2, 0.25) is 0 Å². The molecule has 8 nitrogen and oxygen atoms in total. The second kappa shape index (κ2) is 7.76. The van der Waals surface area contributed by atoms with Gasteiger partial charge in [-0.3, -0.25) is 9.78 Å². The molecule has 0 radical (unpaired) electrons. The van der Waals surface area contributed by atoms with Crippen LogP contribution in [0.5, 0.6) is 0 Å². The summed E-state index contributed by atoms with van der Waals surface area (Å²) in [6.45, 7) is 4.41. The van der Waals surface area contributed by atoms with E-state index in [1.54, 1.807) is 35.6 Å². The summed E-state index contributed by atoms with van der Waals surface area (Å²) in [5.74, 6) is 1.41. The van der Waals surface area contributed by atoms with E-state index in [4.69, 9.17) is 14.5 Å². The zero-order valence-electron chi connectivity index (χ0n) is 14.5. The molecule has 1 atom stereocenters. The second-order valence-electron chi connectivity index (χ2n) is 6.20. The van der Waals surface area contributed by atoms with Crippen LogP contribution >= 0.6 is 0 Å². The Labute approximate surface area is 151 Å². The molecule has 2 aromatic rings. The molecule has 2 saturated heterocycles. The lowest BCUT2D eigenvalue weighted by Crippen LogP contribution is -2.44. The quantitative estimate of drug-likeness (QED) is 0.810. The number of hydrogen-bond donors (Lipinski definition) is 0. The molecule has 2 aliphatic heterocycles. The van der Waals surface area contributed by atoms with Gasteiger partial charge < -0.3 is 19.3 Å². The molecule has 0 unspecified atom stereocenters. The molecule has 0 spiro atoms. The van der Waals surface area contributed by atoms with E-state index in [2.05, 4.69) is 14.9 Å². The summed E-state index contributed by atoms with van der Waals surface area (Å²) >= 11 is 0. The van der Waals surface area contributed by atoms with E-state index in [1.165, 1.54) is 0 Å². The van der Waals surface area contributed by atoms with Crippen molar-refractivity contribution in [2.75, 3.05) is 51.0 Å². The molecule has 0 saturated carbocycles. The minimum absolute atomic E-state index is 0.0546. The maximum absolute atomic E-state index is 12.9. The Balaban J connectivity index is 1.59. The highest BCUT2D eigenvalue weighted by molar-refractivity contribution is 5.94. The fraction of sp³-hybridized carbons (Fsp3) is 0.444. The summed E-state index contributed by atoms with van der Waals surface area (Å²) in [5, 5.41) is 0. The lowest BCUT2D eigenvalue weighted by Gasteiger charge is -2.35. The summed E-state index contributed by atoms with van der Waals surface area (Å²) in [4.78, 5) is 30.0. The minimum Gasteiger partial charge on any atom is -0.378 e. The van der Waals surface area contributed by atoms with Crippen molar-refractivity contribution in [2.45, 2.75) is 6.04 Å². The van der Waals surface area contributed by atoms with Gasteiger partial charge in [0.25, 0.3) is 5.91 Å². The average Bonchev–Trinajstić information content (AvgIpc) is 2.74. The van der Waals surface area contributed by atoms with Gasteiger partial charge in [-0.25, -0.2) is 9.97 Å². The third kappa shape index (κ3) is 3.51. The van der Waals surface area contributed by atoms with Crippen LogP contribution in [-0.4, -0.2) is 71.8 Å². The Morgan fingerprint density at radius 3 is 2.58 bits per heavy atom. The van der Waals surface area contributed by atoms with Crippen molar-refractivity contribution >= 4 is 11.7 Å². The number of morpholine rings is 2. The third-order valence-electron chi connectivity index (χ3n) is 4.61. The van der Waals surface area contributed by atoms with Gasteiger partial charge in [-0.15, -0.1) is 0 Å². The number of aromatic nitrogens is 3. The number of carbonyl (C=O) groups is 1. The lowest BCUT2D eigenvalue weighted by atomic mass is 10.1. The summed E-state index contributed by atoms with van der Waals surface area (Å²) in [7, 11) is 0. The molecule has 2 aromatic heterocycles. The number of amides is 1. The number of hydrogen-bond acceptors (Lipinski definition) is 7. The average molecular weight is 355 g/mol. The molecule has 0 aromatic carbocycles. The summed E-state index contributed by atoms with van der Waals surface area (Å²) in [6.07, 6.45) is 4.99. The normalized spacial score (nSPS) is 20.8. The van der Waals surface area contributed by atoms with E-state index in [-0.39, 0.29) is 11.9 Å². The van der Waals surface area contributed by atoms with Crippen LogP contribution in [-0.2, 0) is 9.47 Å². The van der Waals surface area contributed by atoms with Crippen LogP contribution < -0.4 is 4.90 Å². The molecule has 1 amide bonds. The van der Waals surface area contributed by atoms with Crippen molar-refractivity contribution in [3.05, 3.63) is 48.2 Å². The maximum atomic E-state index is 12.9. The first-order chi connectivity index (χ1) is 12.8. The summed E-state index contributed by atoms with van der Waals surface area (Å²) in [6, 6.07) is 5.04. The SMILES string of the molecule is O=C(c1ccncc1)N1CCOC[C@H]1c1nccc(N2CCOCC2)n1. The number of ether oxygens (including phenoxy) is 2. The van der Waals surface area contributed by atoms with Crippen molar-refractivity contribution in [1.29, 1.82) is 0 Å². The van der Waals surface area contributed by atoms with Crippen molar-refractivity contribution in [1.82, 2.24) is 19.9 Å². The summed E-state index contributed by atoms with van der Waals surface area (Å²) < 4.78 is 11.0. The summed E-state index contributed by atoms with van der Waals surface area (Å²) in [5.41, 5.74) is 0.608. The van der Waals surface area contributed by atoms with Crippen LogP contribution in [0, 0.1) is 0 Å². The minimum atomic E-state index is -0.301. The van der Waals surface area contributed by atoms with Gasteiger partial charge in [0.1, 0.15) is 11.9 Å². The highest BCUT2D eigenvalue weighted by Gasteiger charge is 2.31. The predicted molar refractivity (Wildman–Crippen MR) is 93.9 cm³/mol. The van der Waals surface area contributed by atoms with Crippen LogP contribution in [0.15, 0.2) is 36.8 Å². The first-order valence-corrected chi connectivity index (χ1v) is 8.77. The Morgan fingerprint density at radius 2 is 1.77 bits per heavy atom. The van der Waals surface area contributed by atoms with Crippen molar-refractivity contribution in [3.8, 4) is 0 Å². The first kappa shape index (κ1) is 16.9. The molecule has 8 heteroatoms. The Bertz CT molecular complexity index is 752. The fourth-order valence-electron chi connectivity index (χ4n) is 3.21. The fourth-order valence-corrected chi connectivity index (χ4v) is 3.21. The van der Waals surface area contributed by atoms with Crippen LogP contribution in [0.1, 0.15) is 22.2 Å². The van der Waals surface area contributed by atoms with Crippen LogP contribution in [0.4, 0.5) is 5.82 Å². The van der Waals surface area contributed by atoms with E-state index in [9.17, 15) is 4.79 Å². The van der Waals surface area contributed by atoms with Gasteiger partial charge in [0.05, 0.1) is 26.4 Å². The molecule has 136 valence electrons. The molecule has 4 rings (SSSR count). The largest absolute Gasteiger partial charge is 0.378 e. The highest BCUT2D eigenvalue weighted by Crippen LogP contribution is 2.25. The van der Waals surface area contributed by atoms with E-state index < -0.39 is 0 Å². The van der Waals surface area contributed by atoms with Gasteiger partial charge >= 0.3 is 0 Å². The molecule has 0 aliphatic carbocycles. The van der Waals surface area contributed by atoms with Gasteiger partial charge in [-0.2, -0.15) is 0 Å². The molecule has 26 heavy (non-hydrogen) atoms. The molecular formula is C18H21N5O3. The zero-order chi connectivity index (χ0) is 17.8. The topological polar surface area (TPSA) is 80.7 Å². The van der Waals surface area contributed by atoms with Gasteiger partial charge in [-0.05, 0) is 18.2 Å². The van der Waals surface area contributed by atoms with Gasteiger partial charge in [-0.1, -0.05) is 0 Å². The van der Waals surface area contributed by atoms with Gasteiger partial charge in [0.15, 0.2) is 5.82 Å². The molecule has 4 heterocycles. The van der Waals surface area contributed by atoms with Crippen LogP contribution in [0.2, 0.25) is 0 Å². The van der Waals surface area contributed by atoms with Crippen LogP contribution in [0.3, 0.4) is 0 Å². The second-order valence-corrected chi connectivity index (χ2v) is 6.20. The predicted octanol–water partition coefficient (Wildman–Crippen LogP) is 0.922. The molecular weight excluding hydrogens is 334 g/mol.